The lowest BCUT2D eigenvalue weighted by Crippen LogP contribution is -2.10. The molecule has 1 aromatic heterocycles. The Hall–Kier alpha value is -2.57. The molecule has 1 aliphatic rings. The minimum absolute atomic E-state index is 0.228. The molecule has 0 amide bonds. The van der Waals surface area contributed by atoms with Gasteiger partial charge in [0.05, 0.1) is 11.3 Å². The van der Waals surface area contributed by atoms with Gasteiger partial charge in [0.15, 0.2) is 0 Å². The highest BCUT2D eigenvalue weighted by Crippen LogP contribution is 2.38. The quantitative estimate of drug-likeness (QED) is 0.730. The van der Waals surface area contributed by atoms with Crippen molar-refractivity contribution in [2.24, 2.45) is 4.99 Å². The van der Waals surface area contributed by atoms with E-state index in [0.717, 1.165) is 18.9 Å². The van der Waals surface area contributed by atoms with E-state index < -0.39 is 17.5 Å². The Bertz CT molecular complexity index is 833. The van der Waals surface area contributed by atoms with Gasteiger partial charge in [-0.05, 0) is 49.6 Å². The van der Waals surface area contributed by atoms with E-state index in [4.69, 9.17) is 5.73 Å². The van der Waals surface area contributed by atoms with Gasteiger partial charge in [-0.15, -0.1) is 0 Å². The second-order valence-electron chi connectivity index (χ2n) is 6.93. The van der Waals surface area contributed by atoms with Crippen LogP contribution in [0.5, 0.6) is 5.75 Å². The zero-order chi connectivity index (χ0) is 19.6. The molecule has 0 atom stereocenters. The smallest absolute Gasteiger partial charge is 0.416 e. The van der Waals surface area contributed by atoms with Crippen molar-refractivity contribution in [3.63, 3.8) is 0 Å². The summed E-state index contributed by atoms with van der Waals surface area (Å²) in [6, 6.07) is 5.36. The maximum atomic E-state index is 12.9. The largest absolute Gasteiger partial charge is 0.507 e. The molecular formula is C20H22F3N3O. The molecule has 1 aromatic carbocycles. The summed E-state index contributed by atoms with van der Waals surface area (Å²) in [6.07, 6.45) is 2.94. The van der Waals surface area contributed by atoms with Crippen molar-refractivity contribution < 1.29 is 18.3 Å². The van der Waals surface area contributed by atoms with E-state index in [1.54, 1.807) is 18.3 Å². The molecule has 1 aliphatic carbocycles. The molecule has 27 heavy (non-hydrogen) atoms. The number of alkyl halides is 3. The van der Waals surface area contributed by atoms with Crippen LogP contribution in [0.1, 0.15) is 48.8 Å². The molecule has 0 unspecified atom stereocenters. The fourth-order valence-electron chi connectivity index (χ4n) is 3.42. The Kier molecular flexibility index (Phi) is 5.39. The topological polar surface area (TPSA) is 71.5 Å². The monoisotopic (exact) mass is 377 g/mol. The standard InChI is InChI=1S/C20H22F3N3O/c1-12-9-14(20(21,22)23)10-17(27)18(12)16-8-7-13(19(24)26-16)11-25-15-5-3-2-4-6-15/h7-11,15,27H,2-6H2,1H3,(H2,24,26). The first-order chi connectivity index (χ1) is 12.8. The zero-order valence-corrected chi connectivity index (χ0v) is 15.1. The number of hydrogen-bond donors (Lipinski definition) is 2. The molecule has 1 saturated carbocycles. The molecule has 0 spiro atoms. The summed E-state index contributed by atoms with van der Waals surface area (Å²) in [5.74, 6) is -0.247. The van der Waals surface area contributed by atoms with Crippen LogP contribution in [0.3, 0.4) is 0 Å². The molecule has 0 radical (unpaired) electrons. The zero-order valence-electron chi connectivity index (χ0n) is 15.1. The molecule has 3 N–H and O–H groups in total. The molecule has 3 rings (SSSR count). The summed E-state index contributed by atoms with van der Waals surface area (Å²) < 4.78 is 38.6. The number of phenols is 1. The lowest BCUT2D eigenvalue weighted by molar-refractivity contribution is -0.137. The highest BCUT2D eigenvalue weighted by atomic mass is 19.4. The summed E-state index contributed by atoms with van der Waals surface area (Å²) in [5, 5.41) is 10.1. The van der Waals surface area contributed by atoms with Crippen LogP contribution >= 0.6 is 0 Å². The van der Waals surface area contributed by atoms with Gasteiger partial charge in [0.1, 0.15) is 11.6 Å². The highest BCUT2D eigenvalue weighted by molar-refractivity contribution is 5.87. The van der Waals surface area contributed by atoms with Crippen LogP contribution in [0.25, 0.3) is 11.3 Å². The van der Waals surface area contributed by atoms with Gasteiger partial charge in [-0.1, -0.05) is 19.3 Å². The summed E-state index contributed by atoms with van der Waals surface area (Å²) in [5.41, 5.74) is 6.61. The fourth-order valence-corrected chi connectivity index (χ4v) is 3.42. The minimum atomic E-state index is -4.52. The Morgan fingerprint density at radius 1 is 1.19 bits per heavy atom. The number of pyridine rings is 1. The fraction of sp³-hybridized carbons (Fsp3) is 0.400. The third-order valence-electron chi connectivity index (χ3n) is 4.85. The second-order valence-corrected chi connectivity index (χ2v) is 6.93. The second kappa shape index (κ2) is 7.58. The van der Waals surface area contributed by atoms with Crippen molar-refractivity contribution >= 4 is 12.0 Å². The van der Waals surface area contributed by atoms with Gasteiger partial charge >= 0.3 is 6.18 Å². The molecular weight excluding hydrogens is 355 g/mol. The molecule has 7 heteroatoms. The van der Waals surface area contributed by atoms with Crippen molar-refractivity contribution in [2.75, 3.05) is 5.73 Å². The van der Waals surface area contributed by atoms with Crippen LogP contribution in [0.4, 0.5) is 19.0 Å². The van der Waals surface area contributed by atoms with Crippen LogP contribution in [0, 0.1) is 6.92 Å². The summed E-state index contributed by atoms with van der Waals surface area (Å²) in [7, 11) is 0. The highest BCUT2D eigenvalue weighted by Gasteiger charge is 2.32. The number of phenolic OH excluding ortho intramolecular Hbond substituents is 1. The van der Waals surface area contributed by atoms with E-state index in [1.807, 2.05) is 0 Å². The number of nitrogens with two attached hydrogens (primary N) is 1. The number of nitrogens with zero attached hydrogens (tertiary/aromatic N) is 2. The first-order valence-corrected chi connectivity index (χ1v) is 8.96. The van der Waals surface area contributed by atoms with Crippen molar-refractivity contribution in [3.8, 4) is 17.0 Å². The normalized spacial score (nSPS) is 16.1. The van der Waals surface area contributed by atoms with Crippen LogP contribution in [0.15, 0.2) is 29.3 Å². The number of aromatic hydroxyl groups is 1. The van der Waals surface area contributed by atoms with Gasteiger partial charge in [-0.25, -0.2) is 4.98 Å². The Morgan fingerprint density at radius 3 is 2.48 bits per heavy atom. The number of aliphatic imine (C=N–C) groups is 1. The van der Waals surface area contributed by atoms with Crippen LogP contribution in [0.2, 0.25) is 0 Å². The maximum Gasteiger partial charge on any atom is 0.416 e. The third kappa shape index (κ3) is 4.40. The van der Waals surface area contributed by atoms with Crippen molar-refractivity contribution in [1.82, 2.24) is 4.98 Å². The van der Waals surface area contributed by atoms with E-state index in [1.165, 1.54) is 26.2 Å². The van der Waals surface area contributed by atoms with Gasteiger partial charge in [0.25, 0.3) is 0 Å². The SMILES string of the molecule is Cc1cc(C(F)(F)F)cc(O)c1-c1ccc(C=NC2CCCCC2)c(N)n1. The van der Waals surface area contributed by atoms with Gasteiger partial charge < -0.3 is 10.8 Å². The van der Waals surface area contributed by atoms with Crippen LogP contribution in [-0.4, -0.2) is 22.3 Å². The average Bonchev–Trinajstić information content (AvgIpc) is 2.60. The number of rotatable bonds is 3. The maximum absolute atomic E-state index is 12.9. The van der Waals surface area contributed by atoms with E-state index in [-0.39, 0.29) is 16.9 Å². The van der Waals surface area contributed by atoms with Gasteiger partial charge in [0, 0.05) is 23.4 Å². The summed E-state index contributed by atoms with van der Waals surface area (Å²) >= 11 is 0. The number of hydrogen-bond acceptors (Lipinski definition) is 4. The lowest BCUT2D eigenvalue weighted by atomic mass is 9.96. The molecule has 2 aromatic rings. The first-order valence-electron chi connectivity index (χ1n) is 8.96. The van der Waals surface area contributed by atoms with Gasteiger partial charge in [-0.3, -0.25) is 4.99 Å². The number of benzene rings is 1. The number of aromatic nitrogens is 1. The van der Waals surface area contributed by atoms with Crippen molar-refractivity contribution in [3.05, 3.63) is 41.0 Å². The Morgan fingerprint density at radius 2 is 1.89 bits per heavy atom. The first kappa shape index (κ1) is 19.2. The van der Waals surface area contributed by atoms with E-state index in [2.05, 4.69) is 9.98 Å². The number of halogens is 3. The molecule has 1 heterocycles. The Balaban J connectivity index is 1.88. The molecule has 4 nitrogen and oxygen atoms in total. The Labute approximate surface area is 156 Å². The third-order valence-corrected chi connectivity index (χ3v) is 4.85. The summed E-state index contributed by atoms with van der Waals surface area (Å²) in [6.45, 7) is 1.50. The molecule has 0 aliphatic heterocycles. The van der Waals surface area contributed by atoms with E-state index in [9.17, 15) is 18.3 Å². The van der Waals surface area contributed by atoms with Gasteiger partial charge in [0.2, 0.25) is 0 Å². The number of nitrogen functional groups attached to an aromatic ring is 1. The van der Waals surface area contributed by atoms with Crippen molar-refractivity contribution in [1.29, 1.82) is 0 Å². The lowest BCUT2D eigenvalue weighted by Gasteiger charge is -2.17. The summed E-state index contributed by atoms with van der Waals surface area (Å²) in [4.78, 5) is 8.84. The van der Waals surface area contributed by atoms with Crippen molar-refractivity contribution in [2.45, 2.75) is 51.2 Å². The predicted octanol–water partition coefficient (Wildman–Crippen LogP) is 5.12. The van der Waals surface area contributed by atoms with Crippen LogP contribution in [-0.2, 0) is 6.18 Å². The molecule has 0 saturated heterocycles. The molecule has 1 fully saturated rings. The number of aryl methyl sites for hydroxylation is 1. The minimum Gasteiger partial charge on any atom is -0.507 e. The molecule has 144 valence electrons. The van der Waals surface area contributed by atoms with E-state index in [0.29, 0.717) is 23.4 Å². The number of anilines is 1. The van der Waals surface area contributed by atoms with Gasteiger partial charge in [-0.2, -0.15) is 13.2 Å². The van der Waals surface area contributed by atoms with Crippen LogP contribution < -0.4 is 5.73 Å². The predicted molar refractivity (Wildman–Crippen MR) is 100.0 cm³/mol. The molecule has 0 bridgehead atoms. The van der Waals surface area contributed by atoms with E-state index >= 15 is 0 Å². The average molecular weight is 377 g/mol.